The molecule has 130 valence electrons. The van der Waals surface area contributed by atoms with Crippen LogP contribution < -0.4 is 0 Å². The molecule has 0 aromatic carbocycles. The van der Waals surface area contributed by atoms with Crippen molar-refractivity contribution in [3.63, 3.8) is 0 Å². The van der Waals surface area contributed by atoms with Crippen LogP contribution in [0.1, 0.15) is 64.7 Å². The lowest BCUT2D eigenvalue weighted by molar-refractivity contribution is -0.0288. The molecule has 0 amide bonds. The lowest BCUT2D eigenvalue weighted by Crippen LogP contribution is -2.23. The minimum Gasteiger partial charge on any atom is -0.376 e. The van der Waals surface area contributed by atoms with Crippen molar-refractivity contribution in [2.24, 2.45) is 0 Å². The Hall–Kier alpha value is -0.160. The van der Waals surface area contributed by atoms with Crippen LogP contribution in [0, 0.1) is 0 Å². The highest BCUT2D eigenvalue weighted by atomic mass is 16.6. The van der Waals surface area contributed by atoms with E-state index in [1.165, 1.54) is 51.4 Å². The summed E-state index contributed by atoms with van der Waals surface area (Å²) >= 11 is 0. The average molecular weight is 314 g/mol. The molecule has 22 heavy (non-hydrogen) atoms. The van der Waals surface area contributed by atoms with Gasteiger partial charge in [-0.25, -0.2) is 0 Å². The molecule has 0 N–H and O–H groups in total. The Morgan fingerprint density at radius 1 is 0.864 bits per heavy atom. The van der Waals surface area contributed by atoms with E-state index in [4.69, 9.17) is 18.9 Å². The molecule has 2 heterocycles. The van der Waals surface area contributed by atoms with Gasteiger partial charge in [-0.2, -0.15) is 0 Å². The SMILES string of the molecule is CCCCCCCCCCC(COCC1CO1)OCC1CO1. The summed E-state index contributed by atoms with van der Waals surface area (Å²) < 4.78 is 22.0. The number of unbranched alkanes of at least 4 members (excludes halogenated alkanes) is 7. The van der Waals surface area contributed by atoms with Crippen LogP contribution in [-0.4, -0.2) is 51.3 Å². The molecule has 0 aromatic heterocycles. The Balaban J connectivity index is 1.44. The van der Waals surface area contributed by atoms with Crippen LogP contribution in [0.5, 0.6) is 0 Å². The molecular weight excluding hydrogens is 280 g/mol. The molecule has 2 rings (SSSR count). The lowest BCUT2D eigenvalue weighted by atomic mass is 10.1. The minimum atomic E-state index is 0.225. The Bertz CT molecular complexity index is 264. The van der Waals surface area contributed by atoms with Crippen molar-refractivity contribution in [3.8, 4) is 0 Å². The molecule has 0 saturated carbocycles. The number of epoxide rings is 2. The molecule has 2 aliphatic rings. The van der Waals surface area contributed by atoms with Crippen molar-refractivity contribution in [1.29, 1.82) is 0 Å². The molecule has 4 heteroatoms. The van der Waals surface area contributed by atoms with Gasteiger partial charge in [-0.15, -0.1) is 0 Å². The Labute approximate surface area is 135 Å². The van der Waals surface area contributed by atoms with Gasteiger partial charge in [0.1, 0.15) is 12.2 Å². The summed E-state index contributed by atoms with van der Waals surface area (Å²) in [4.78, 5) is 0. The molecular formula is C18H34O4. The molecule has 2 fully saturated rings. The van der Waals surface area contributed by atoms with Crippen LogP contribution >= 0.6 is 0 Å². The predicted molar refractivity (Wildman–Crippen MR) is 87.3 cm³/mol. The maximum atomic E-state index is 5.94. The van der Waals surface area contributed by atoms with E-state index in [2.05, 4.69) is 6.92 Å². The third-order valence-corrected chi connectivity index (χ3v) is 4.31. The van der Waals surface area contributed by atoms with Crippen LogP contribution in [-0.2, 0) is 18.9 Å². The van der Waals surface area contributed by atoms with Gasteiger partial charge in [0.05, 0.1) is 39.1 Å². The number of rotatable bonds is 16. The largest absolute Gasteiger partial charge is 0.376 e. The van der Waals surface area contributed by atoms with Crippen LogP contribution in [0.4, 0.5) is 0 Å². The van der Waals surface area contributed by atoms with Crippen molar-refractivity contribution in [3.05, 3.63) is 0 Å². The van der Waals surface area contributed by atoms with Gasteiger partial charge in [0, 0.05) is 0 Å². The summed E-state index contributed by atoms with van der Waals surface area (Å²) in [6.45, 7) is 6.14. The van der Waals surface area contributed by atoms with E-state index in [9.17, 15) is 0 Å². The van der Waals surface area contributed by atoms with Crippen molar-refractivity contribution in [2.75, 3.05) is 33.0 Å². The van der Waals surface area contributed by atoms with Gasteiger partial charge in [-0.3, -0.25) is 0 Å². The van der Waals surface area contributed by atoms with Gasteiger partial charge in [-0.05, 0) is 6.42 Å². The van der Waals surface area contributed by atoms with Crippen LogP contribution in [0.3, 0.4) is 0 Å². The van der Waals surface area contributed by atoms with Crippen LogP contribution in [0.2, 0.25) is 0 Å². The first-order valence-corrected chi connectivity index (χ1v) is 9.31. The topological polar surface area (TPSA) is 43.5 Å². The Morgan fingerprint density at radius 3 is 2.09 bits per heavy atom. The van der Waals surface area contributed by atoms with E-state index in [1.807, 2.05) is 0 Å². The summed E-state index contributed by atoms with van der Waals surface area (Å²) in [6.07, 6.45) is 12.8. The Morgan fingerprint density at radius 2 is 1.45 bits per heavy atom. The molecule has 0 aliphatic carbocycles. The standard InChI is InChI=1S/C18H34O4/c1-2-3-4-5-6-7-8-9-10-16(20-14-18-15-22-18)11-19-12-17-13-21-17/h16-18H,2-15H2,1H3. The molecule has 0 radical (unpaired) electrons. The Kier molecular flexibility index (Phi) is 9.41. The lowest BCUT2D eigenvalue weighted by Gasteiger charge is -2.17. The second-order valence-corrected chi connectivity index (χ2v) is 6.67. The maximum Gasteiger partial charge on any atom is 0.104 e. The molecule has 3 unspecified atom stereocenters. The normalized spacial score (nSPS) is 24.4. The van der Waals surface area contributed by atoms with E-state index in [-0.39, 0.29) is 6.10 Å². The fourth-order valence-electron chi connectivity index (χ4n) is 2.62. The predicted octanol–water partition coefficient (Wildman–Crippen LogP) is 3.72. The van der Waals surface area contributed by atoms with E-state index < -0.39 is 0 Å². The molecule has 0 bridgehead atoms. The highest BCUT2D eigenvalue weighted by molar-refractivity contribution is 4.71. The monoisotopic (exact) mass is 314 g/mol. The third-order valence-electron chi connectivity index (χ3n) is 4.31. The summed E-state index contributed by atoms with van der Waals surface area (Å²) in [5.74, 6) is 0. The van der Waals surface area contributed by atoms with Gasteiger partial charge in [0.15, 0.2) is 0 Å². The van der Waals surface area contributed by atoms with E-state index in [1.54, 1.807) is 0 Å². The second kappa shape index (κ2) is 11.4. The highest BCUT2D eigenvalue weighted by Gasteiger charge is 2.25. The summed E-state index contributed by atoms with van der Waals surface area (Å²) in [7, 11) is 0. The zero-order valence-corrected chi connectivity index (χ0v) is 14.3. The quantitative estimate of drug-likeness (QED) is 0.322. The summed E-state index contributed by atoms with van der Waals surface area (Å²) in [5, 5.41) is 0. The fourth-order valence-corrected chi connectivity index (χ4v) is 2.62. The molecule has 2 saturated heterocycles. The summed E-state index contributed by atoms with van der Waals surface area (Å²) in [6, 6.07) is 0. The number of hydrogen-bond donors (Lipinski definition) is 0. The first kappa shape index (κ1) is 18.2. The van der Waals surface area contributed by atoms with Gasteiger partial charge >= 0.3 is 0 Å². The molecule has 4 nitrogen and oxygen atoms in total. The van der Waals surface area contributed by atoms with Crippen molar-refractivity contribution < 1.29 is 18.9 Å². The first-order chi connectivity index (χ1) is 10.9. The smallest absolute Gasteiger partial charge is 0.104 e. The van der Waals surface area contributed by atoms with Gasteiger partial charge in [0.25, 0.3) is 0 Å². The number of ether oxygens (including phenoxy) is 4. The van der Waals surface area contributed by atoms with Gasteiger partial charge in [-0.1, -0.05) is 58.3 Å². The third kappa shape index (κ3) is 9.78. The zero-order chi connectivity index (χ0) is 15.5. The minimum absolute atomic E-state index is 0.225. The van der Waals surface area contributed by atoms with Crippen molar-refractivity contribution in [1.82, 2.24) is 0 Å². The van der Waals surface area contributed by atoms with Crippen LogP contribution in [0.15, 0.2) is 0 Å². The average Bonchev–Trinajstić information content (AvgIpc) is 3.41. The highest BCUT2D eigenvalue weighted by Crippen LogP contribution is 2.16. The van der Waals surface area contributed by atoms with E-state index in [0.29, 0.717) is 18.8 Å². The van der Waals surface area contributed by atoms with Crippen molar-refractivity contribution >= 4 is 0 Å². The molecule has 2 aliphatic heterocycles. The first-order valence-electron chi connectivity index (χ1n) is 9.31. The van der Waals surface area contributed by atoms with Gasteiger partial charge < -0.3 is 18.9 Å². The maximum absolute atomic E-state index is 5.94. The number of hydrogen-bond acceptors (Lipinski definition) is 4. The zero-order valence-electron chi connectivity index (χ0n) is 14.3. The summed E-state index contributed by atoms with van der Waals surface area (Å²) in [5.41, 5.74) is 0. The molecule has 3 atom stereocenters. The fraction of sp³-hybridized carbons (Fsp3) is 1.00. The van der Waals surface area contributed by atoms with E-state index >= 15 is 0 Å². The van der Waals surface area contributed by atoms with Crippen LogP contribution in [0.25, 0.3) is 0 Å². The molecule has 0 aromatic rings. The van der Waals surface area contributed by atoms with E-state index in [0.717, 1.165) is 32.8 Å². The second-order valence-electron chi connectivity index (χ2n) is 6.67. The van der Waals surface area contributed by atoms with Crippen molar-refractivity contribution in [2.45, 2.75) is 83.0 Å². The van der Waals surface area contributed by atoms with Gasteiger partial charge in [0.2, 0.25) is 0 Å². The molecule has 0 spiro atoms.